The van der Waals surface area contributed by atoms with E-state index >= 15 is 0 Å². The first kappa shape index (κ1) is 96.2. The Hall–Kier alpha value is -3.02. The Labute approximate surface area is 660 Å². The molecule has 0 bridgehead atoms. The van der Waals surface area contributed by atoms with Gasteiger partial charge in [0.15, 0.2) is 62.9 Å². The second-order valence-corrected chi connectivity index (χ2v) is 29.5. The van der Waals surface area contributed by atoms with Gasteiger partial charge in [0.1, 0.15) is 244 Å². The molecule has 53 heteroatoms. The van der Waals surface area contributed by atoms with Crippen LogP contribution in [0.4, 0.5) is 0 Å². The van der Waals surface area contributed by atoms with E-state index in [9.17, 15) is 163 Å². The molecule has 53 nitrogen and oxygen atoms in total. The molecule has 117 heavy (non-hydrogen) atoms. The van der Waals surface area contributed by atoms with Gasteiger partial charge in [-0.2, -0.15) is 0 Å². The summed E-state index contributed by atoms with van der Waals surface area (Å²) in [6, 6.07) is -3.64. The second-order valence-electron chi connectivity index (χ2n) is 29.5. The third-order valence-electron chi connectivity index (χ3n) is 21.7. The average Bonchev–Trinajstić information content (AvgIpc) is 0.767. The van der Waals surface area contributed by atoms with Gasteiger partial charge in [-0.25, -0.2) is 0 Å². The molecule has 10 heterocycles. The zero-order valence-corrected chi connectivity index (χ0v) is 61.9. The number of ether oxygens (including phenoxy) is 19. The highest BCUT2D eigenvalue weighted by molar-refractivity contribution is 5.73. The number of aliphatic hydroxyl groups excluding tert-OH is 30. The molecule has 680 valence electrons. The van der Waals surface area contributed by atoms with E-state index in [-0.39, 0.29) is 0 Å². The zero-order chi connectivity index (χ0) is 85.9. The van der Waals surface area contributed by atoms with Crippen molar-refractivity contribution in [1.82, 2.24) is 10.6 Å². The standard InChI is InChI=1S/C64H108N2O51/c1-13(75)65-25-35(85)48(21(9-73)101-55(25)98)111-56-26(66-14(2)76)36(86)49(22(10-74)108-56)112-61-47(97)51(114-63-54(42(92)32(82)19(7-71)106-63)117-64-53(41(91)31(81)20(8-72)107-64)116-60-45(95)39(89)29(79)17(5-69)104-60)34(84)24(110-61)11-99-57-46(96)50(113-58-43(93)37(87)27(77)15(3-67)102-58)33(83)23(109-57)12-100-62-52(40(90)30(80)18(6-70)105-62)115-59-44(94)38(88)28(78)16(4-68)103-59/h15-64,67-74,77-98H,3-12H2,1-2H3,(H,65,75)(H,66,76)/t15-,16-,17-,18-,19-,20-,21-,22-,23-,24-,25-,26-,27-,28-,29-,30-,31-,32-,33-,34-,35-,36-,37+,38+,39+,40+,41+,42+,43+,44+,45+,46+,47+,48-,49-,50+,51+,52+,53+,54+,55+,56+,57+,58-,59-,60-,61+,62+,63-,64-/m1/s1. The molecule has 32 N–H and O–H groups in total. The minimum atomic E-state index is -2.64. The lowest BCUT2D eigenvalue weighted by Gasteiger charge is -2.51. The SMILES string of the molecule is CC(=O)N[C@@H]1[C@@H](O)[C@H](O[C@@H]2O[C@H](CO)[C@@H](O[C@@H]3O[C@H](CO[C@H]4O[C@H](CO[C@H]5O[C@H](CO)[C@@H](O)[C@H](O)[C@@H]5O[C@H]5O[C@H](CO)[C@@H](O)[C@H](O)[C@@H]5O)[C@@H](O)[C@H](O[C@H]5O[C@H](CO)[C@@H](O)[C@H](O)[C@@H]5O)[C@@H]4O)[C@@H](O)[C@H](O[C@H]4O[C@H](CO)[C@@H](O)[C@H](O)[C@@H]4O[C@H]4O[C@H](CO)[C@@H](O)[C@H](O)[C@@H]4O[C@H]4O[C@H](CO)[C@@H](O)[C@H](O)[C@@H]4O)[C@@H]3O)[C@H](O)[C@H]2NC(C)=O)[C@@H](CO)O[C@@H]1O. The summed E-state index contributed by atoms with van der Waals surface area (Å²) in [5.41, 5.74) is 0. The lowest BCUT2D eigenvalue weighted by atomic mass is 9.94. The van der Waals surface area contributed by atoms with Gasteiger partial charge in [-0.1, -0.05) is 0 Å². The van der Waals surface area contributed by atoms with Crippen LogP contribution in [0.1, 0.15) is 13.8 Å². The molecular weight excluding hydrogens is 1610 g/mol. The average molecular weight is 1720 g/mol. The normalized spacial score (nSPS) is 51.5. The minimum absolute atomic E-state index is 0.805. The number of hydrogen-bond acceptors (Lipinski definition) is 51. The molecule has 2 amide bonds. The lowest BCUT2D eigenvalue weighted by molar-refractivity contribution is -0.408. The Morgan fingerprint density at radius 3 is 0.855 bits per heavy atom. The van der Waals surface area contributed by atoms with Gasteiger partial charge in [0, 0.05) is 13.8 Å². The maximum Gasteiger partial charge on any atom is 0.217 e. The Kier molecular flexibility index (Phi) is 34.4. The van der Waals surface area contributed by atoms with Crippen LogP contribution in [0.2, 0.25) is 0 Å². The fourth-order valence-corrected chi connectivity index (χ4v) is 15.0. The van der Waals surface area contributed by atoms with Gasteiger partial charge in [-0.3, -0.25) is 9.59 Å². The van der Waals surface area contributed by atoms with Crippen molar-refractivity contribution in [3.05, 3.63) is 0 Å². The van der Waals surface area contributed by atoms with E-state index in [1.807, 2.05) is 0 Å². The molecule has 0 aliphatic carbocycles. The predicted octanol–water partition coefficient (Wildman–Crippen LogP) is -22.5. The summed E-state index contributed by atoms with van der Waals surface area (Å²) in [4.78, 5) is 25.2. The Balaban J connectivity index is 0.996. The van der Waals surface area contributed by atoms with Crippen LogP contribution in [0.5, 0.6) is 0 Å². The summed E-state index contributed by atoms with van der Waals surface area (Å²) in [5.74, 6) is -1.78. The van der Waals surface area contributed by atoms with Gasteiger partial charge < -0.3 is 254 Å². The van der Waals surface area contributed by atoms with Crippen LogP contribution in [-0.2, 0) is 99.6 Å². The van der Waals surface area contributed by atoms with Crippen LogP contribution < -0.4 is 10.6 Å². The lowest BCUT2D eigenvalue weighted by Crippen LogP contribution is -2.70. The number of nitrogens with one attached hydrogen (secondary N) is 2. The predicted molar refractivity (Wildman–Crippen MR) is 353 cm³/mol. The van der Waals surface area contributed by atoms with Crippen LogP contribution in [-0.4, -0.2) is 538 Å². The number of carbonyl (C=O) groups is 2. The summed E-state index contributed by atoms with van der Waals surface area (Å²) in [5, 5.41) is 336. The van der Waals surface area contributed by atoms with Gasteiger partial charge in [0.05, 0.1) is 66.1 Å². The first-order valence-corrected chi connectivity index (χ1v) is 37.2. The fourth-order valence-electron chi connectivity index (χ4n) is 15.0. The zero-order valence-electron chi connectivity index (χ0n) is 61.9. The molecule has 10 rings (SSSR count). The first-order valence-electron chi connectivity index (χ1n) is 37.2. The largest absolute Gasteiger partial charge is 0.394 e. The van der Waals surface area contributed by atoms with Crippen molar-refractivity contribution in [2.45, 2.75) is 321 Å². The van der Waals surface area contributed by atoms with Crippen molar-refractivity contribution in [2.24, 2.45) is 0 Å². The molecule has 10 aliphatic heterocycles. The van der Waals surface area contributed by atoms with Crippen molar-refractivity contribution in [1.29, 1.82) is 0 Å². The molecule has 10 aliphatic rings. The van der Waals surface area contributed by atoms with E-state index < -0.39 is 385 Å². The topological polar surface area (TPSA) is 840 Å². The molecule has 0 spiro atoms. The molecule has 0 radical (unpaired) electrons. The summed E-state index contributed by atoms with van der Waals surface area (Å²) in [7, 11) is 0. The number of amides is 2. The second kappa shape index (κ2) is 41.9. The molecule has 10 fully saturated rings. The minimum Gasteiger partial charge on any atom is -0.394 e. The number of carbonyl (C=O) groups excluding carboxylic acids is 2. The van der Waals surface area contributed by atoms with Crippen molar-refractivity contribution < 1.29 is 253 Å². The van der Waals surface area contributed by atoms with Crippen LogP contribution in [0.15, 0.2) is 0 Å². The fraction of sp³-hybridized carbons (Fsp3) is 0.969. The van der Waals surface area contributed by atoms with E-state index in [2.05, 4.69) is 10.6 Å². The first-order chi connectivity index (χ1) is 55.4. The Morgan fingerprint density at radius 2 is 0.470 bits per heavy atom. The van der Waals surface area contributed by atoms with Gasteiger partial charge in [-0.15, -0.1) is 0 Å². The van der Waals surface area contributed by atoms with Gasteiger partial charge in [-0.05, 0) is 0 Å². The summed E-state index contributed by atoms with van der Waals surface area (Å²) < 4.78 is 111. The Bertz CT molecular complexity index is 3050. The molecule has 0 unspecified atom stereocenters. The highest BCUT2D eigenvalue weighted by atomic mass is 16.8. The van der Waals surface area contributed by atoms with Crippen molar-refractivity contribution in [3.63, 3.8) is 0 Å². The number of rotatable bonds is 30. The monoisotopic (exact) mass is 1720 g/mol. The van der Waals surface area contributed by atoms with Crippen molar-refractivity contribution in [2.75, 3.05) is 66.1 Å². The molecule has 50 atom stereocenters. The van der Waals surface area contributed by atoms with Gasteiger partial charge >= 0.3 is 0 Å². The summed E-state index contributed by atoms with van der Waals surface area (Å²) in [6.07, 6.45) is -104. The van der Waals surface area contributed by atoms with E-state index in [1.165, 1.54) is 0 Å². The smallest absolute Gasteiger partial charge is 0.217 e. The van der Waals surface area contributed by atoms with E-state index in [1.54, 1.807) is 0 Å². The molecule has 0 aromatic heterocycles. The Morgan fingerprint density at radius 1 is 0.222 bits per heavy atom. The number of hydrogen-bond donors (Lipinski definition) is 32. The van der Waals surface area contributed by atoms with E-state index in [0.717, 1.165) is 13.8 Å². The maximum absolute atomic E-state index is 13.0. The molecule has 0 aromatic carbocycles. The van der Waals surface area contributed by atoms with Crippen LogP contribution in [0.25, 0.3) is 0 Å². The number of aliphatic hydroxyl groups is 30. The van der Waals surface area contributed by atoms with Gasteiger partial charge in [0.2, 0.25) is 11.8 Å². The highest BCUT2D eigenvalue weighted by Crippen LogP contribution is 2.41. The third-order valence-corrected chi connectivity index (χ3v) is 21.7. The molecule has 10 saturated heterocycles. The van der Waals surface area contributed by atoms with Crippen LogP contribution in [0, 0.1) is 0 Å². The quantitative estimate of drug-likeness (QED) is 0.0318. The highest BCUT2D eigenvalue weighted by Gasteiger charge is 2.61. The molecular formula is C64H108N2O51. The van der Waals surface area contributed by atoms with E-state index in [4.69, 9.17) is 90.0 Å². The summed E-state index contributed by atoms with van der Waals surface area (Å²) >= 11 is 0. The van der Waals surface area contributed by atoms with Crippen molar-refractivity contribution >= 4 is 11.8 Å². The van der Waals surface area contributed by atoms with E-state index in [0.29, 0.717) is 0 Å². The molecule has 0 saturated carbocycles. The third kappa shape index (κ3) is 20.7. The van der Waals surface area contributed by atoms with Crippen molar-refractivity contribution in [3.8, 4) is 0 Å². The maximum atomic E-state index is 13.0. The van der Waals surface area contributed by atoms with Crippen LogP contribution >= 0.6 is 0 Å². The van der Waals surface area contributed by atoms with Crippen LogP contribution in [0.3, 0.4) is 0 Å². The summed E-state index contributed by atoms with van der Waals surface area (Å²) in [6.45, 7) is -9.28. The van der Waals surface area contributed by atoms with Gasteiger partial charge in [0.25, 0.3) is 0 Å². The molecule has 0 aromatic rings.